The Kier molecular flexibility index (Phi) is 8.78. The van der Waals surface area contributed by atoms with Crippen LogP contribution in [0.4, 0.5) is 5.69 Å². The van der Waals surface area contributed by atoms with Gasteiger partial charge in [0.25, 0.3) is 5.91 Å². The molecule has 2 aromatic carbocycles. The molecule has 1 heterocycles. The minimum absolute atomic E-state index is 0.141. The first-order valence-corrected chi connectivity index (χ1v) is 12.6. The summed E-state index contributed by atoms with van der Waals surface area (Å²) in [4.78, 5) is 38.7. The fourth-order valence-corrected chi connectivity index (χ4v) is 5.35. The lowest BCUT2D eigenvalue weighted by Gasteiger charge is -2.26. The molecule has 0 aliphatic carbocycles. The van der Waals surface area contributed by atoms with Crippen LogP contribution in [0.1, 0.15) is 36.5 Å². The molecular formula is C24H28N2O7S. The molecule has 0 atom stereocenters. The molecule has 0 N–H and O–H groups in total. The van der Waals surface area contributed by atoms with Gasteiger partial charge in [-0.25, -0.2) is 13.2 Å². The first kappa shape index (κ1) is 25.4. The number of hydrogen-bond acceptors (Lipinski definition) is 7. The number of carbonyl (C=O) groups excluding carboxylic acids is 3. The van der Waals surface area contributed by atoms with Gasteiger partial charge in [-0.15, -0.1) is 0 Å². The van der Waals surface area contributed by atoms with E-state index >= 15 is 0 Å². The molecule has 34 heavy (non-hydrogen) atoms. The van der Waals surface area contributed by atoms with Gasteiger partial charge in [0.2, 0.25) is 10.0 Å². The third-order valence-electron chi connectivity index (χ3n) is 5.33. The van der Waals surface area contributed by atoms with E-state index in [4.69, 9.17) is 9.47 Å². The maximum atomic E-state index is 13.1. The van der Waals surface area contributed by atoms with Gasteiger partial charge in [-0.05, 0) is 44.0 Å². The van der Waals surface area contributed by atoms with Crippen molar-refractivity contribution >= 4 is 33.6 Å². The van der Waals surface area contributed by atoms with Gasteiger partial charge in [-0.1, -0.05) is 36.8 Å². The molecule has 0 unspecified atom stereocenters. The zero-order valence-corrected chi connectivity index (χ0v) is 19.8. The Morgan fingerprint density at radius 2 is 1.56 bits per heavy atom. The number of sulfonamides is 1. The first-order valence-electron chi connectivity index (χ1n) is 11.1. The highest BCUT2D eigenvalue weighted by molar-refractivity contribution is 7.89. The van der Waals surface area contributed by atoms with E-state index in [2.05, 4.69) is 0 Å². The summed E-state index contributed by atoms with van der Waals surface area (Å²) in [7, 11) is -3.88. The molecule has 0 bridgehead atoms. The van der Waals surface area contributed by atoms with Crippen molar-refractivity contribution in [3.8, 4) is 0 Å². The molecule has 0 saturated carbocycles. The monoisotopic (exact) mass is 488 g/mol. The average Bonchev–Trinajstić information content (AvgIpc) is 2.87. The van der Waals surface area contributed by atoms with Crippen LogP contribution in [0.25, 0.3) is 0 Å². The molecule has 0 spiro atoms. The van der Waals surface area contributed by atoms with Crippen molar-refractivity contribution in [3.05, 3.63) is 60.2 Å². The SMILES string of the molecule is CCOC(=O)CN(C(=O)COC(=O)c1ccccc1S(=O)(=O)N1CCCCC1)c1ccccc1. The molecule has 1 aliphatic heterocycles. The van der Waals surface area contributed by atoms with Gasteiger partial charge in [0, 0.05) is 18.8 Å². The Hall–Kier alpha value is -3.24. The van der Waals surface area contributed by atoms with Crippen molar-refractivity contribution < 1.29 is 32.3 Å². The highest BCUT2D eigenvalue weighted by atomic mass is 32.2. The molecule has 9 nitrogen and oxygen atoms in total. The van der Waals surface area contributed by atoms with Crippen molar-refractivity contribution in [1.82, 2.24) is 4.31 Å². The van der Waals surface area contributed by atoms with Crippen LogP contribution in [0, 0.1) is 0 Å². The molecule has 3 rings (SSSR count). The van der Waals surface area contributed by atoms with E-state index in [0.717, 1.165) is 24.2 Å². The number of hydrogen-bond donors (Lipinski definition) is 0. The molecule has 2 aromatic rings. The van der Waals surface area contributed by atoms with E-state index in [-0.39, 0.29) is 23.6 Å². The van der Waals surface area contributed by atoms with Gasteiger partial charge < -0.3 is 9.47 Å². The van der Waals surface area contributed by atoms with Gasteiger partial charge in [0.1, 0.15) is 6.54 Å². The van der Waals surface area contributed by atoms with Crippen molar-refractivity contribution in [2.24, 2.45) is 0 Å². The summed E-state index contributed by atoms with van der Waals surface area (Å²) in [6, 6.07) is 14.2. The zero-order chi connectivity index (χ0) is 24.6. The van der Waals surface area contributed by atoms with Crippen LogP contribution in [-0.4, -0.2) is 63.4 Å². The van der Waals surface area contributed by atoms with Gasteiger partial charge in [0.15, 0.2) is 6.61 Å². The maximum Gasteiger partial charge on any atom is 0.340 e. The molecule has 10 heteroatoms. The molecule has 1 aliphatic rings. The minimum Gasteiger partial charge on any atom is -0.465 e. The van der Waals surface area contributed by atoms with Crippen LogP contribution in [0.5, 0.6) is 0 Å². The van der Waals surface area contributed by atoms with Gasteiger partial charge in [-0.2, -0.15) is 4.31 Å². The number of esters is 2. The lowest BCUT2D eigenvalue weighted by Crippen LogP contribution is -2.39. The van der Waals surface area contributed by atoms with Gasteiger partial charge in [0.05, 0.1) is 17.1 Å². The number of anilines is 1. The number of amides is 1. The van der Waals surface area contributed by atoms with E-state index in [1.54, 1.807) is 37.3 Å². The zero-order valence-electron chi connectivity index (χ0n) is 19.0. The molecule has 182 valence electrons. The second-order valence-corrected chi connectivity index (χ2v) is 9.56. The lowest BCUT2D eigenvalue weighted by atomic mass is 10.2. The Labute approximate surface area is 199 Å². The highest BCUT2D eigenvalue weighted by Gasteiger charge is 2.31. The van der Waals surface area contributed by atoms with Crippen molar-refractivity contribution in [2.75, 3.05) is 37.7 Å². The van der Waals surface area contributed by atoms with Gasteiger partial charge >= 0.3 is 11.9 Å². The molecular weight excluding hydrogens is 460 g/mol. The normalized spacial score (nSPS) is 14.3. The average molecular weight is 489 g/mol. The predicted molar refractivity (Wildman–Crippen MR) is 125 cm³/mol. The second kappa shape index (κ2) is 11.8. The number of rotatable bonds is 9. The highest BCUT2D eigenvalue weighted by Crippen LogP contribution is 2.24. The number of ether oxygens (including phenoxy) is 2. The van der Waals surface area contributed by atoms with Crippen molar-refractivity contribution in [1.29, 1.82) is 0 Å². The Morgan fingerprint density at radius 1 is 0.912 bits per heavy atom. The summed E-state index contributed by atoms with van der Waals surface area (Å²) in [5.74, 6) is -2.19. The quantitative estimate of drug-likeness (QED) is 0.499. The Morgan fingerprint density at radius 3 is 2.24 bits per heavy atom. The fourth-order valence-electron chi connectivity index (χ4n) is 3.65. The summed E-state index contributed by atoms with van der Waals surface area (Å²) < 4.78 is 37.7. The van der Waals surface area contributed by atoms with Crippen molar-refractivity contribution in [3.63, 3.8) is 0 Å². The predicted octanol–water partition coefficient (Wildman–Crippen LogP) is 2.61. The minimum atomic E-state index is -3.88. The molecule has 1 fully saturated rings. The van der Waals surface area contributed by atoms with Crippen LogP contribution in [0.3, 0.4) is 0 Å². The third kappa shape index (κ3) is 6.21. The van der Waals surface area contributed by atoms with Crippen LogP contribution in [-0.2, 0) is 29.1 Å². The standard InChI is InChI=1S/C24H28N2O7S/c1-2-32-23(28)17-26(19-11-5-3-6-12-19)22(27)18-33-24(29)20-13-7-8-14-21(20)34(30,31)25-15-9-4-10-16-25/h3,5-8,11-14H,2,4,9-10,15-18H2,1H3. The lowest BCUT2D eigenvalue weighted by molar-refractivity contribution is -0.142. The van der Waals surface area contributed by atoms with E-state index < -0.39 is 34.5 Å². The van der Waals surface area contributed by atoms with E-state index in [1.807, 2.05) is 0 Å². The topological polar surface area (TPSA) is 110 Å². The summed E-state index contributed by atoms with van der Waals surface area (Å²) in [5.41, 5.74) is 0.294. The van der Waals surface area contributed by atoms with E-state index in [0.29, 0.717) is 18.8 Å². The summed E-state index contributed by atoms with van der Waals surface area (Å²) in [5, 5.41) is 0. The summed E-state index contributed by atoms with van der Waals surface area (Å²) in [6.45, 7) is 1.57. The summed E-state index contributed by atoms with van der Waals surface area (Å²) >= 11 is 0. The van der Waals surface area contributed by atoms with E-state index in [1.165, 1.54) is 28.6 Å². The largest absolute Gasteiger partial charge is 0.465 e. The van der Waals surface area contributed by atoms with E-state index in [9.17, 15) is 22.8 Å². The summed E-state index contributed by atoms with van der Waals surface area (Å²) in [6.07, 6.45) is 2.48. The third-order valence-corrected chi connectivity index (χ3v) is 7.28. The second-order valence-electron chi connectivity index (χ2n) is 7.66. The number of piperidine rings is 1. The Bertz CT molecular complexity index is 1110. The number of carbonyl (C=O) groups is 3. The Balaban J connectivity index is 1.75. The number of nitrogens with zero attached hydrogens (tertiary/aromatic N) is 2. The van der Waals surface area contributed by atoms with Gasteiger partial charge in [-0.3, -0.25) is 14.5 Å². The number of benzene rings is 2. The fraction of sp³-hybridized carbons (Fsp3) is 0.375. The smallest absolute Gasteiger partial charge is 0.340 e. The maximum absolute atomic E-state index is 13.1. The molecule has 1 saturated heterocycles. The van der Waals surface area contributed by atoms with Crippen LogP contribution in [0.15, 0.2) is 59.5 Å². The molecule has 0 aromatic heterocycles. The van der Waals surface area contributed by atoms with Crippen LogP contribution < -0.4 is 4.90 Å². The van der Waals surface area contributed by atoms with Crippen molar-refractivity contribution in [2.45, 2.75) is 31.1 Å². The van der Waals surface area contributed by atoms with Crippen LogP contribution in [0.2, 0.25) is 0 Å². The molecule has 0 radical (unpaired) electrons. The first-order chi connectivity index (χ1) is 16.3. The van der Waals surface area contributed by atoms with Crippen LogP contribution >= 0.6 is 0 Å². The molecule has 1 amide bonds. The number of para-hydroxylation sites is 1.